The van der Waals surface area contributed by atoms with Crippen molar-refractivity contribution in [2.24, 2.45) is 0 Å². The molecule has 1 unspecified atom stereocenters. The smallest absolute Gasteiger partial charge is 0.203 e. The van der Waals surface area contributed by atoms with E-state index in [-0.39, 0.29) is 52.5 Å². The van der Waals surface area contributed by atoms with Gasteiger partial charge < -0.3 is 34.0 Å². The van der Waals surface area contributed by atoms with Crippen LogP contribution in [0.15, 0.2) is 42.5 Å². The Morgan fingerprint density at radius 2 is 1.66 bits per heavy atom. The highest BCUT2D eigenvalue weighted by Gasteiger charge is 2.36. The Morgan fingerprint density at radius 1 is 0.914 bits per heavy atom. The SMILES string of the molecule is COc1c(O)ccc(C2COc3cc(-c4cc(OO)c5c(c4)OCC=C5)cc(O)c3C2=O)c1OC. The number of hydrogen-bond donors (Lipinski definition) is 3. The van der Waals surface area contributed by atoms with Crippen LogP contribution in [0, 0.1) is 0 Å². The summed E-state index contributed by atoms with van der Waals surface area (Å²) in [7, 11) is 2.80. The minimum Gasteiger partial charge on any atom is -0.507 e. The summed E-state index contributed by atoms with van der Waals surface area (Å²) in [6.45, 7) is 0.364. The molecule has 3 aromatic carbocycles. The fraction of sp³-hybridized carbons (Fsp3) is 0.192. The first-order valence-electron chi connectivity index (χ1n) is 10.7. The molecule has 3 aromatic rings. The molecule has 0 saturated heterocycles. The van der Waals surface area contributed by atoms with Crippen molar-refractivity contribution in [3.63, 3.8) is 0 Å². The van der Waals surface area contributed by atoms with Gasteiger partial charge in [-0.25, -0.2) is 5.26 Å². The zero-order valence-electron chi connectivity index (χ0n) is 18.9. The summed E-state index contributed by atoms with van der Waals surface area (Å²) in [5, 5.41) is 30.3. The Balaban J connectivity index is 1.55. The molecule has 0 aliphatic carbocycles. The minimum atomic E-state index is -0.790. The standard InChI is InChI=1S/C26H22O9/c1-31-25-15(5-6-18(27)26(25)32-2)17-12-34-22-11-13(8-19(28)23(22)24(17)29)14-9-20-16(4-3-7-33-20)21(10-14)35-30/h3-6,8-11,17,27-28,30H,7,12H2,1-2H3. The maximum Gasteiger partial charge on any atom is 0.203 e. The van der Waals surface area contributed by atoms with Crippen molar-refractivity contribution in [3.8, 4) is 51.4 Å². The van der Waals surface area contributed by atoms with Crippen molar-refractivity contribution < 1.29 is 44.1 Å². The third kappa shape index (κ3) is 3.66. The quantitative estimate of drug-likeness (QED) is 0.362. The van der Waals surface area contributed by atoms with Gasteiger partial charge in [-0.1, -0.05) is 6.07 Å². The van der Waals surface area contributed by atoms with E-state index in [9.17, 15) is 20.3 Å². The zero-order valence-corrected chi connectivity index (χ0v) is 18.9. The number of aromatic hydroxyl groups is 2. The lowest BCUT2D eigenvalue weighted by Gasteiger charge is -2.27. The van der Waals surface area contributed by atoms with Crippen LogP contribution in [0.25, 0.3) is 17.2 Å². The van der Waals surface area contributed by atoms with Gasteiger partial charge in [0.25, 0.3) is 0 Å². The van der Waals surface area contributed by atoms with Gasteiger partial charge in [-0.3, -0.25) is 4.79 Å². The number of phenols is 2. The molecule has 0 bridgehead atoms. The molecule has 5 rings (SSSR count). The summed E-state index contributed by atoms with van der Waals surface area (Å²) in [4.78, 5) is 18.0. The molecule has 1 atom stereocenters. The van der Waals surface area contributed by atoms with E-state index in [1.165, 1.54) is 26.4 Å². The number of hydrogen-bond acceptors (Lipinski definition) is 9. The molecule has 180 valence electrons. The van der Waals surface area contributed by atoms with Crippen LogP contribution in [-0.2, 0) is 0 Å². The van der Waals surface area contributed by atoms with Crippen molar-refractivity contribution in [2.75, 3.05) is 27.4 Å². The van der Waals surface area contributed by atoms with Crippen molar-refractivity contribution in [1.82, 2.24) is 0 Å². The summed E-state index contributed by atoms with van der Waals surface area (Å²) in [6, 6.07) is 9.41. The highest BCUT2D eigenvalue weighted by molar-refractivity contribution is 6.07. The number of ketones is 1. The predicted octanol–water partition coefficient (Wildman–Crippen LogP) is 4.40. The molecule has 0 radical (unpaired) electrons. The summed E-state index contributed by atoms with van der Waals surface area (Å²) < 4.78 is 22.2. The number of ether oxygens (including phenoxy) is 4. The molecule has 3 N–H and O–H groups in total. The first-order chi connectivity index (χ1) is 17.0. The number of phenolic OH excluding ortho intramolecular Hbond substituents is 2. The van der Waals surface area contributed by atoms with Crippen LogP contribution < -0.4 is 23.8 Å². The number of carbonyl (C=O) groups excluding carboxylic acids is 1. The molecule has 0 fully saturated rings. The third-order valence-electron chi connectivity index (χ3n) is 6.11. The maximum atomic E-state index is 13.5. The van der Waals surface area contributed by atoms with Crippen molar-refractivity contribution in [1.29, 1.82) is 0 Å². The van der Waals surface area contributed by atoms with Gasteiger partial charge in [-0.2, -0.15) is 0 Å². The Hall–Kier alpha value is -4.37. The van der Waals surface area contributed by atoms with Gasteiger partial charge in [0.1, 0.15) is 36.0 Å². The fourth-order valence-corrected chi connectivity index (χ4v) is 4.46. The molecule has 9 heteroatoms. The van der Waals surface area contributed by atoms with Crippen LogP contribution in [-0.4, -0.2) is 48.7 Å². The highest BCUT2D eigenvalue weighted by atomic mass is 17.1. The molecule has 2 heterocycles. The van der Waals surface area contributed by atoms with Crippen LogP contribution >= 0.6 is 0 Å². The van der Waals surface area contributed by atoms with E-state index in [0.717, 1.165) is 0 Å². The number of rotatable bonds is 5. The second kappa shape index (κ2) is 8.77. The second-order valence-corrected chi connectivity index (χ2v) is 8.03. The Morgan fingerprint density at radius 3 is 2.40 bits per heavy atom. The molecule has 0 saturated carbocycles. The van der Waals surface area contributed by atoms with E-state index in [2.05, 4.69) is 4.89 Å². The van der Waals surface area contributed by atoms with Gasteiger partial charge in [0.15, 0.2) is 23.0 Å². The summed E-state index contributed by atoms with van der Waals surface area (Å²) in [6.07, 6.45) is 3.58. The Labute approximate surface area is 200 Å². The van der Waals surface area contributed by atoms with Crippen molar-refractivity contribution >= 4 is 11.9 Å². The number of Topliss-reactive ketones (excluding diaryl/α,β-unsaturated/α-hetero) is 1. The van der Waals surface area contributed by atoms with Crippen LogP contribution in [0.2, 0.25) is 0 Å². The lowest BCUT2D eigenvalue weighted by Crippen LogP contribution is -2.26. The summed E-state index contributed by atoms with van der Waals surface area (Å²) in [5.41, 5.74) is 2.22. The van der Waals surface area contributed by atoms with Gasteiger partial charge in [-0.15, -0.1) is 0 Å². The normalized spacial score (nSPS) is 16.0. The number of benzene rings is 3. The largest absolute Gasteiger partial charge is 0.507 e. The molecule has 2 aliphatic heterocycles. The van der Waals surface area contributed by atoms with Crippen molar-refractivity contribution in [3.05, 3.63) is 59.2 Å². The predicted molar refractivity (Wildman–Crippen MR) is 125 cm³/mol. The topological polar surface area (TPSA) is 124 Å². The average molecular weight is 478 g/mol. The van der Waals surface area contributed by atoms with Crippen LogP contribution in [0.4, 0.5) is 0 Å². The molecule has 35 heavy (non-hydrogen) atoms. The highest BCUT2D eigenvalue weighted by Crippen LogP contribution is 2.47. The maximum absolute atomic E-state index is 13.5. The Bertz CT molecular complexity index is 1360. The Kier molecular flexibility index (Phi) is 5.62. The minimum absolute atomic E-state index is 0.0118. The van der Waals surface area contributed by atoms with E-state index in [4.69, 9.17) is 18.9 Å². The number of fused-ring (bicyclic) bond motifs is 2. The monoisotopic (exact) mass is 478 g/mol. The van der Waals surface area contributed by atoms with Gasteiger partial charge in [-0.05, 0) is 53.6 Å². The van der Waals surface area contributed by atoms with E-state index >= 15 is 0 Å². The average Bonchev–Trinajstić information content (AvgIpc) is 2.87. The molecule has 0 spiro atoms. The lowest BCUT2D eigenvalue weighted by atomic mass is 9.86. The number of carbonyl (C=O) groups is 1. The fourth-order valence-electron chi connectivity index (χ4n) is 4.46. The molecule has 0 amide bonds. The van der Waals surface area contributed by atoms with Gasteiger partial charge in [0.05, 0.1) is 25.7 Å². The van der Waals surface area contributed by atoms with Gasteiger partial charge >= 0.3 is 0 Å². The van der Waals surface area contributed by atoms with Crippen LogP contribution in [0.3, 0.4) is 0 Å². The molecular weight excluding hydrogens is 456 g/mol. The van der Waals surface area contributed by atoms with Crippen LogP contribution in [0.1, 0.15) is 27.4 Å². The van der Waals surface area contributed by atoms with Crippen LogP contribution in [0.5, 0.6) is 40.2 Å². The molecular formula is C26H22O9. The van der Waals surface area contributed by atoms with E-state index < -0.39 is 5.92 Å². The van der Waals surface area contributed by atoms with E-state index in [1.54, 1.807) is 36.4 Å². The van der Waals surface area contributed by atoms with E-state index in [0.29, 0.717) is 34.6 Å². The second-order valence-electron chi connectivity index (χ2n) is 8.03. The van der Waals surface area contributed by atoms with E-state index in [1.807, 2.05) is 0 Å². The number of methoxy groups -OCH3 is 2. The van der Waals surface area contributed by atoms with Crippen molar-refractivity contribution in [2.45, 2.75) is 5.92 Å². The third-order valence-corrected chi connectivity index (χ3v) is 6.11. The molecule has 9 nitrogen and oxygen atoms in total. The lowest BCUT2D eigenvalue weighted by molar-refractivity contribution is -0.137. The molecule has 0 aromatic heterocycles. The zero-order chi connectivity index (χ0) is 24.7. The molecule has 2 aliphatic rings. The van der Waals surface area contributed by atoms with Gasteiger partial charge in [0.2, 0.25) is 5.75 Å². The summed E-state index contributed by atoms with van der Waals surface area (Å²) >= 11 is 0. The first kappa shape index (κ1) is 22.4. The van der Waals surface area contributed by atoms with Gasteiger partial charge in [0, 0.05) is 5.56 Å². The summed E-state index contributed by atoms with van der Waals surface area (Å²) in [5.74, 6) is -0.295. The first-order valence-corrected chi connectivity index (χ1v) is 10.7.